The average Bonchev–Trinajstić information content (AvgIpc) is 3.46. The van der Waals surface area contributed by atoms with E-state index in [2.05, 4.69) is 0 Å². The van der Waals surface area contributed by atoms with E-state index in [4.69, 9.17) is 2.51 Å². The molecule has 2 fully saturated rings. The number of halogens is 5. The molecule has 0 aromatic heterocycles. The van der Waals surface area contributed by atoms with Crippen LogP contribution in [0.2, 0.25) is 0 Å². The molecule has 2 bridgehead atoms. The van der Waals surface area contributed by atoms with Gasteiger partial charge in [0.1, 0.15) is 0 Å². The van der Waals surface area contributed by atoms with Crippen LogP contribution in [0.4, 0.5) is 17.6 Å². The van der Waals surface area contributed by atoms with Gasteiger partial charge in [-0.3, -0.25) is 0 Å². The minimum atomic E-state index is -5.96. The first-order chi connectivity index (χ1) is 17.3. The molecular weight excluding hydrogens is 631 g/mol. The zero-order valence-electron chi connectivity index (χ0n) is 22.7. The first-order valence-electron chi connectivity index (χ1n) is 13.0. The van der Waals surface area contributed by atoms with Crippen molar-refractivity contribution in [3.05, 3.63) is 66.8 Å². The molecule has 4 rings (SSSR count). The molecule has 3 nitrogen and oxygen atoms in total. The van der Waals surface area contributed by atoms with Crippen molar-refractivity contribution in [1.29, 1.82) is 0 Å². The van der Waals surface area contributed by atoms with Gasteiger partial charge in [-0.1, -0.05) is 0 Å². The van der Waals surface area contributed by atoms with Crippen molar-refractivity contribution in [2.45, 2.75) is 89.2 Å². The van der Waals surface area contributed by atoms with Crippen molar-refractivity contribution in [3.8, 4) is 0 Å². The summed E-state index contributed by atoms with van der Waals surface area (Å²) in [5.41, 5.74) is 1.57. The summed E-state index contributed by atoms with van der Waals surface area (Å²) in [6.07, 6.45) is 1.54. The molecule has 9 heteroatoms. The second kappa shape index (κ2) is 10.0. The summed E-state index contributed by atoms with van der Waals surface area (Å²) in [6.45, 7) is 12.1. The topological polar surface area (TPSA) is 43.4 Å². The summed E-state index contributed by atoms with van der Waals surface area (Å²) >= 11 is -3.58. The van der Waals surface area contributed by atoms with Crippen molar-refractivity contribution in [1.82, 2.24) is 0 Å². The molecule has 2 aliphatic rings. The molecule has 3 unspecified atom stereocenters. The van der Waals surface area contributed by atoms with Crippen LogP contribution in [0.5, 0.6) is 0 Å². The van der Waals surface area contributed by atoms with Crippen molar-refractivity contribution in [3.63, 3.8) is 0 Å². The summed E-state index contributed by atoms with van der Waals surface area (Å²) in [5.74, 6) is -6.99. The van der Waals surface area contributed by atoms with Gasteiger partial charge in [-0.15, -0.1) is 0 Å². The van der Waals surface area contributed by atoms with E-state index in [9.17, 15) is 8.42 Å². The van der Waals surface area contributed by atoms with E-state index in [0.29, 0.717) is 20.0 Å². The van der Waals surface area contributed by atoms with Gasteiger partial charge in [0.15, 0.2) is 0 Å². The van der Waals surface area contributed by atoms with Crippen molar-refractivity contribution in [2.24, 2.45) is 17.8 Å². The second-order valence-corrected chi connectivity index (χ2v) is 19.2. The van der Waals surface area contributed by atoms with Gasteiger partial charge in [-0.2, -0.15) is 0 Å². The van der Waals surface area contributed by atoms with Crippen molar-refractivity contribution < 1.29 is 28.5 Å². The molecule has 2 aromatic rings. The van der Waals surface area contributed by atoms with Crippen LogP contribution in [0.25, 0.3) is 0 Å². The molecule has 2 aromatic carbocycles. The molecule has 2 saturated carbocycles. The number of hydrogen-bond acceptors (Lipinski definition) is 3. The van der Waals surface area contributed by atoms with Gasteiger partial charge in [0, 0.05) is 0 Å². The predicted octanol–water partition coefficient (Wildman–Crippen LogP) is 8.75. The Kier molecular flexibility index (Phi) is 7.85. The van der Waals surface area contributed by atoms with Crippen LogP contribution in [-0.4, -0.2) is 19.6 Å². The quantitative estimate of drug-likeness (QED) is 0.219. The van der Waals surface area contributed by atoms with Crippen molar-refractivity contribution >= 4 is 30.4 Å². The Morgan fingerprint density at radius 1 is 0.737 bits per heavy atom. The molecule has 0 aliphatic heterocycles. The van der Waals surface area contributed by atoms with Gasteiger partial charge in [0.25, 0.3) is 0 Å². The zero-order chi connectivity index (χ0) is 28.3. The fourth-order valence-corrected chi connectivity index (χ4v) is 12.5. The Morgan fingerprint density at radius 3 is 1.53 bits per heavy atom. The maximum absolute atomic E-state index is 15.4. The van der Waals surface area contributed by atoms with E-state index in [1.165, 1.54) is 0 Å². The third-order valence-corrected chi connectivity index (χ3v) is 15.3. The number of alkyl halides is 4. The van der Waals surface area contributed by atoms with E-state index in [-0.39, 0.29) is 23.2 Å². The Hall–Kier alpha value is -1.20. The minimum absolute atomic E-state index is 0.0405. The number of fused-ring (bicyclic) bond motifs is 2. The van der Waals surface area contributed by atoms with Crippen LogP contribution in [-0.2, 0) is 23.5 Å². The van der Waals surface area contributed by atoms with Crippen LogP contribution in [0.1, 0.15) is 78.4 Å². The predicted molar refractivity (Wildman–Crippen MR) is 151 cm³/mol. The van der Waals surface area contributed by atoms with Crippen LogP contribution in [0.15, 0.2) is 48.5 Å². The first kappa shape index (κ1) is 29.8. The van der Waals surface area contributed by atoms with Crippen molar-refractivity contribution in [2.75, 3.05) is 0 Å². The zero-order valence-corrected chi connectivity index (χ0v) is 25.7. The summed E-state index contributed by atoms with van der Waals surface area (Å²) in [6, 6.07) is 13.9. The second-order valence-electron chi connectivity index (χ2n) is 12.7. The standard InChI is InChI=1S/C29H37F4IO3S/c1-26(2,3)21-9-13-23(14-10-21)34(24-15-11-22(12-16-24)27(4,5)6)37-38(35,36)29(32,33)28(30,31)25-18-19-7-8-20(25)17-19/h9-16,19-20,25H,7-8,17-18H2,1-6H3. The van der Waals surface area contributed by atoms with Gasteiger partial charge in [0.2, 0.25) is 0 Å². The fraction of sp³-hybridized carbons (Fsp3) is 0.586. The Bertz CT molecular complexity index is 1190. The van der Waals surface area contributed by atoms with Gasteiger partial charge in [-0.25, -0.2) is 0 Å². The van der Waals surface area contributed by atoms with Crippen LogP contribution in [0, 0.1) is 24.9 Å². The Balaban J connectivity index is 1.71. The maximum atomic E-state index is 15.4. The van der Waals surface area contributed by atoms with Crippen LogP contribution < -0.4 is 0 Å². The molecule has 0 radical (unpaired) electrons. The monoisotopic (exact) mass is 668 g/mol. The van der Waals surface area contributed by atoms with Gasteiger partial charge < -0.3 is 0 Å². The number of rotatable bonds is 7. The summed E-state index contributed by atoms with van der Waals surface area (Å²) in [7, 11) is -5.96. The molecule has 0 saturated heterocycles. The molecule has 0 amide bonds. The van der Waals surface area contributed by atoms with Crippen LogP contribution >= 0.6 is 20.2 Å². The molecule has 0 spiro atoms. The molecule has 212 valence electrons. The SMILES string of the molecule is CC(C)(C)c1ccc(I(OS(=O)(=O)C(F)(F)C(F)(F)C2CC3CCC2C3)c2ccc(C(C)(C)C)cc2)cc1. The summed E-state index contributed by atoms with van der Waals surface area (Å²) < 4.78 is 93.5. The summed E-state index contributed by atoms with van der Waals surface area (Å²) in [4.78, 5) is 0. The Morgan fingerprint density at radius 2 is 1.18 bits per heavy atom. The average molecular weight is 669 g/mol. The molecule has 0 heterocycles. The number of benzene rings is 2. The van der Waals surface area contributed by atoms with Gasteiger partial charge in [0.05, 0.1) is 0 Å². The van der Waals surface area contributed by atoms with Crippen LogP contribution in [0.3, 0.4) is 0 Å². The number of hydrogen-bond donors (Lipinski definition) is 0. The van der Waals surface area contributed by atoms with Gasteiger partial charge >= 0.3 is 233 Å². The molecule has 3 atom stereocenters. The third-order valence-electron chi connectivity index (χ3n) is 7.87. The molecule has 2 aliphatic carbocycles. The van der Waals surface area contributed by atoms with Gasteiger partial charge in [-0.05, 0) is 0 Å². The van der Waals surface area contributed by atoms with E-state index < -0.39 is 53.4 Å². The molecule has 0 N–H and O–H groups in total. The molecular formula is C29H37F4IO3S. The normalized spacial score (nSPS) is 23.1. The van der Waals surface area contributed by atoms with E-state index in [1.807, 2.05) is 41.5 Å². The fourth-order valence-electron chi connectivity index (χ4n) is 5.52. The van der Waals surface area contributed by atoms with E-state index in [1.54, 1.807) is 48.5 Å². The molecule has 38 heavy (non-hydrogen) atoms. The van der Waals surface area contributed by atoms with E-state index >= 15 is 17.6 Å². The Labute approximate surface area is 231 Å². The third kappa shape index (κ3) is 5.53. The summed E-state index contributed by atoms with van der Waals surface area (Å²) in [5, 5.41) is -5.33. The van der Waals surface area contributed by atoms with E-state index in [0.717, 1.165) is 17.5 Å². The first-order valence-corrected chi connectivity index (χ1v) is 17.4.